The summed E-state index contributed by atoms with van der Waals surface area (Å²) >= 11 is 0. The summed E-state index contributed by atoms with van der Waals surface area (Å²) < 4.78 is 16.1. The van der Waals surface area contributed by atoms with E-state index in [2.05, 4.69) is 20.9 Å². The lowest BCUT2D eigenvalue weighted by Crippen LogP contribution is -2.41. The number of nitrogens with one attached hydrogen (secondary N) is 3. The van der Waals surface area contributed by atoms with Crippen LogP contribution in [0.2, 0.25) is 0 Å². The van der Waals surface area contributed by atoms with Crippen molar-refractivity contribution in [2.75, 3.05) is 53.1 Å². The van der Waals surface area contributed by atoms with Crippen LogP contribution in [0.1, 0.15) is 30.1 Å². The predicted molar refractivity (Wildman–Crippen MR) is 109 cm³/mol. The van der Waals surface area contributed by atoms with Crippen LogP contribution in [0.25, 0.3) is 0 Å². The Balaban J connectivity index is 1.62. The first-order valence-electron chi connectivity index (χ1n) is 9.86. The lowest BCUT2D eigenvalue weighted by Gasteiger charge is -2.12. The van der Waals surface area contributed by atoms with E-state index in [4.69, 9.17) is 14.2 Å². The summed E-state index contributed by atoms with van der Waals surface area (Å²) in [5.74, 6) is 1.36. The molecule has 8 heteroatoms. The summed E-state index contributed by atoms with van der Waals surface area (Å²) in [7, 11) is 1.60. The van der Waals surface area contributed by atoms with Crippen molar-refractivity contribution in [2.45, 2.75) is 25.9 Å². The second-order valence-corrected chi connectivity index (χ2v) is 6.38. The molecule has 0 saturated carbocycles. The van der Waals surface area contributed by atoms with Gasteiger partial charge in [-0.3, -0.25) is 9.79 Å². The maximum atomic E-state index is 12.1. The van der Waals surface area contributed by atoms with Gasteiger partial charge >= 0.3 is 0 Å². The van der Waals surface area contributed by atoms with Crippen LogP contribution < -0.4 is 20.7 Å². The standard InChI is InChI=1S/C20H32N4O4/c1-3-21-20(23-10-4-13-28-18-9-14-27-15-18)24-12-11-22-19(25)16-5-7-17(26-2)8-6-16/h5-8,18H,3-4,9-15H2,1-2H3,(H,22,25)(H2,21,23,24). The van der Waals surface area contributed by atoms with E-state index < -0.39 is 0 Å². The van der Waals surface area contributed by atoms with Crippen LogP contribution in [0.5, 0.6) is 5.75 Å². The molecule has 1 aromatic rings. The summed E-state index contributed by atoms with van der Waals surface area (Å²) in [5.41, 5.74) is 0.606. The molecule has 1 heterocycles. The summed E-state index contributed by atoms with van der Waals surface area (Å²) in [6.07, 6.45) is 2.08. The monoisotopic (exact) mass is 392 g/mol. The molecule has 0 radical (unpaired) electrons. The Hall–Kier alpha value is -2.32. The van der Waals surface area contributed by atoms with Gasteiger partial charge < -0.3 is 30.2 Å². The van der Waals surface area contributed by atoms with E-state index in [0.717, 1.165) is 37.7 Å². The van der Waals surface area contributed by atoms with E-state index in [-0.39, 0.29) is 12.0 Å². The van der Waals surface area contributed by atoms with Crippen LogP contribution in [0, 0.1) is 0 Å². The topological polar surface area (TPSA) is 93.2 Å². The Morgan fingerprint density at radius 2 is 2.00 bits per heavy atom. The summed E-state index contributed by atoms with van der Waals surface area (Å²) in [5, 5.41) is 9.30. The van der Waals surface area contributed by atoms with Crippen molar-refractivity contribution < 1.29 is 19.0 Å². The van der Waals surface area contributed by atoms with Crippen molar-refractivity contribution in [3.8, 4) is 5.75 Å². The fraction of sp³-hybridized carbons (Fsp3) is 0.600. The molecule has 1 amide bonds. The molecule has 1 fully saturated rings. The van der Waals surface area contributed by atoms with E-state index in [0.29, 0.717) is 38.4 Å². The van der Waals surface area contributed by atoms with Gasteiger partial charge in [0.15, 0.2) is 5.96 Å². The average molecular weight is 393 g/mol. The first-order chi connectivity index (χ1) is 13.7. The molecule has 1 saturated heterocycles. The molecule has 0 spiro atoms. The highest BCUT2D eigenvalue weighted by Gasteiger charge is 2.15. The number of carbonyl (C=O) groups excluding carboxylic acids is 1. The number of amides is 1. The second-order valence-electron chi connectivity index (χ2n) is 6.38. The number of methoxy groups -OCH3 is 1. The van der Waals surface area contributed by atoms with Gasteiger partial charge in [0.1, 0.15) is 5.75 Å². The van der Waals surface area contributed by atoms with Gasteiger partial charge in [0, 0.05) is 45.0 Å². The molecule has 8 nitrogen and oxygen atoms in total. The molecule has 1 aliphatic rings. The third-order valence-corrected chi connectivity index (χ3v) is 4.21. The number of ether oxygens (including phenoxy) is 3. The maximum Gasteiger partial charge on any atom is 0.251 e. The Kier molecular flexibility index (Phi) is 10.2. The van der Waals surface area contributed by atoms with Gasteiger partial charge in [0.25, 0.3) is 5.91 Å². The minimum atomic E-state index is -0.112. The van der Waals surface area contributed by atoms with Crippen LogP contribution in [0.3, 0.4) is 0 Å². The van der Waals surface area contributed by atoms with Crippen molar-refractivity contribution >= 4 is 11.9 Å². The Bertz CT molecular complexity index is 601. The van der Waals surface area contributed by atoms with Crippen molar-refractivity contribution in [3.05, 3.63) is 29.8 Å². The first-order valence-corrected chi connectivity index (χ1v) is 9.86. The van der Waals surface area contributed by atoms with Crippen LogP contribution in [-0.4, -0.2) is 71.1 Å². The van der Waals surface area contributed by atoms with Crippen molar-refractivity contribution in [1.82, 2.24) is 16.0 Å². The highest BCUT2D eigenvalue weighted by atomic mass is 16.5. The molecular formula is C20H32N4O4. The zero-order valence-corrected chi connectivity index (χ0v) is 16.8. The van der Waals surface area contributed by atoms with E-state index >= 15 is 0 Å². The highest BCUT2D eigenvalue weighted by molar-refractivity contribution is 5.94. The van der Waals surface area contributed by atoms with E-state index in [1.54, 1.807) is 31.4 Å². The number of hydrogen-bond acceptors (Lipinski definition) is 5. The smallest absolute Gasteiger partial charge is 0.251 e. The minimum Gasteiger partial charge on any atom is -0.497 e. The van der Waals surface area contributed by atoms with Crippen LogP contribution in [-0.2, 0) is 9.47 Å². The number of nitrogens with zero attached hydrogens (tertiary/aromatic N) is 1. The minimum absolute atomic E-state index is 0.112. The third kappa shape index (κ3) is 8.14. The molecule has 0 aliphatic carbocycles. The molecule has 1 atom stereocenters. The van der Waals surface area contributed by atoms with Crippen molar-refractivity contribution in [1.29, 1.82) is 0 Å². The third-order valence-electron chi connectivity index (χ3n) is 4.21. The predicted octanol–water partition coefficient (Wildman–Crippen LogP) is 1.18. The van der Waals surface area contributed by atoms with Gasteiger partial charge in [0.2, 0.25) is 0 Å². The van der Waals surface area contributed by atoms with Gasteiger partial charge in [-0.05, 0) is 44.0 Å². The SMILES string of the molecule is CCNC(=NCCCOC1CCOC1)NCCNC(=O)c1ccc(OC)cc1. The number of aliphatic imine (C=N–C) groups is 1. The normalized spacial score (nSPS) is 16.6. The molecule has 1 aromatic carbocycles. The fourth-order valence-electron chi connectivity index (χ4n) is 2.69. The summed E-state index contributed by atoms with van der Waals surface area (Å²) in [4.78, 5) is 16.6. The first kappa shape index (κ1) is 22.0. The van der Waals surface area contributed by atoms with Crippen molar-refractivity contribution in [2.24, 2.45) is 4.99 Å². The summed E-state index contributed by atoms with van der Waals surface area (Å²) in [6, 6.07) is 7.03. The lowest BCUT2D eigenvalue weighted by atomic mass is 10.2. The van der Waals surface area contributed by atoms with Gasteiger partial charge in [-0.2, -0.15) is 0 Å². The van der Waals surface area contributed by atoms with Gasteiger partial charge in [-0.25, -0.2) is 0 Å². The number of hydrogen-bond donors (Lipinski definition) is 3. The molecule has 156 valence electrons. The molecule has 3 N–H and O–H groups in total. The Labute approximate surface area is 167 Å². The highest BCUT2D eigenvalue weighted by Crippen LogP contribution is 2.11. The van der Waals surface area contributed by atoms with Crippen LogP contribution in [0.15, 0.2) is 29.3 Å². The average Bonchev–Trinajstić information content (AvgIpc) is 3.24. The quantitative estimate of drug-likeness (QED) is 0.297. The largest absolute Gasteiger partial charge is 0.497 e. The number of rotatable bonds is 11. The number of guanidine groups is 1. The number of benzene rings is 1. The Morgan fingerprint density at radius 1 is 1.21 bits per heavy atom. The van der Waals surface area contributed by atoms with Gasteiger partial charge in [-0.15, -0.1) is 0 Å². The van der Waals surface area contributed by atoms with Gasteiger partial charge in [-0.1, -0.05) is 0 Å². The maximum absolute atomic E-state index is 12.1. The zero-order valence-electron chi connectivity index (χ0n) is 16.8. The van der Waals surface area contributed by atoms with E-state index in [1.807, 2.05) is 6.92 Å². The second kappa shape index (κ2) is 13.0. The molecule has 0 aromatic heterocycles. The van der Waals surface area contributed by atoms with Crippen LogP contribution in [0.4, 0.5) is 0 Å². The van der Waals surface area contributed by atoms with Crippen molar-refractivity contribution in [3.63, 3.8) is 0 Å². The lowest BCUT2D eigenvalue weighted by molar-refractivity contribution is 0.0424. The van der Waals surface area contributed by atoms with Crippen LogP contribution >= 0.6 is 0 Å². The van der Waals surface area contributed by atoms with E-state index in [1.165, 1.54) is 0 Å². The summed E-state index contributed by atoms with van der Waals surface area (Å²) in [6.45, 7) is 6.76. The molecule has 2 rings (SSSR count). The molecule has 1 unspecified atom stereocenters. The Morgan fingerprint density at radius 3 is 2.68 bits per heavy atom. The van der Waals surface area contributed by atoms with Gasteiger partial charge in [0.05, 0.1) is 19.8 Å². The molecular weight excluding hydrogens is 360 g/mol. The molecule has 0 bridgehead atoms. The fourth-order valence-corrected chi connectivity index (χ4v) is 2.69. The van der Waals surface area contributed by atoms with E-state index in [9.17, 15) is 4.79 Å². The molecule has 28 heavy (non-hydrogen) atoms. The molecule has 1 aliphatic heterocycles. The zero-order chi connectivity index (χ0) is 20.0. The number of carbonyl (C=O) groups is 1.